The molecule has 0 unspecified atom stereocenters. The molecule has 0 saturated carbocycles. The van der Waals surface area contributed by atoms with Gasteiger partial charge in [0.05, 0.1) is 0 Å². The summed E-state index contributed by atoms with van der Waals surface area (Å²) in [5.41, 5.74) is 0. The third-order valence-corrected chi connectivity index (χ3v) is 0.824. The van der Waals surface area contributed by atoms with E-state index in [9.17, 15) is 0 Å². The topological polar surface area (TPSA) is 85.8 Å². The minimum Gasteiger partial charge on any atom is -1.00 e. The first-order valence-electron chi connectivity index (χ1n) is 1.13. The van der Waals surface area contributed by atoms with Crippen LogP contribution in [0.3, 0.4) is 0 Å². The van der Waals surface area contributed by atoms with Gasteiger partial charge in [-0.3, -0.25) is 0 Å². The Labute approximate surface area is 68.8 Å². The fourth-order valence-electron chi connectivity index (χ4n) is 0.0447. The maximum Gasteiger partial charge on any atom is 1.00 e. The molecule has 1 rings (SSSR count). The van der Waals surface area contributed by atoms with Crippen LogP contribution in [0.25, 0.3) is 0 Å². The largest absolute Gasteiger partial charge is 1.00 e. The van der Waals surface area contributed by atoms with E-state index >= 15 is 0 Å². The number of hydrogen-bond donors (Lipinski definition) is 3. The molecule has 3 N–H and O–H groups in total. The molecule has 0 amide bonds. The summed E-state index contributed by atoms with van der Waals surface area (Å²) in [6.45, 7) is 0. The zero-order valence-corrected chi connectivity index (χ0v) is 5.80. The van der Waals surface area contributed by atoms with E-state index in [1.807, 2.05) is 0 Å². The van der Waals surface area contributed by atoms with E-state index in [1.54, 1.807) is 0 Å². The summed E-state index contributed by atoms with van der Waals surface area (Å²) in [7, 11) is -4.80. The van der Waals surface area contributed by atoms with Crippen LogP contribution in [-0.2, 0) is 25.8 Å². The molecule has 8 heavy (non-hydrogen) atoms. The van der Waals surface area contributed by atoms with E-state index in [2.05, 4.69) is 9.35 Å². The third-order valence-electron chi connectivity index (χ3n) is 0.275. The molecule has 1 saturated heterocycles. The average Bonchev–Trinajstić information content (AvgIpc) is 1.73. The van der Waals surface area contributed by atoms with Gasteiger partial charge in [0.2, 0.25) is 0 Å². The Morgan fingerprint density at radius 1 is 1.12 bits per heavy atom. The fraction of sp³-hybridized carbons (Fsp3) is 0. The third kappa shape index (κ3) is 4.22. The first-order chi connectivity index (χ1) is 2.47. The molecule has 0 aliphatic carbocycles. The molecule has 0 aromatic carbocycles. The molecular weight excluding hydrogens is 177 g/mol. The SMILES string of the molecule is OP1(O)(O)OO1.[H-].[Li+].[Ni]. The van der Waals surface area contributed by atoms with Gasteiger partial charge < -0.3 is 1.43 Å². The van der Waals surface area contributed by atoms with E-state index in [0.717, 1.165) is 0 Å². The molecule has 0 aromatic rings. The van der Waals surface area contributed by atoms with Crippen molar-refractivity contribution in [1.82, 2.24) is 0 Å². The van der Waals surface area contributed by atoms with Gasteiger partial charge in [0.15, 0.2) is 0 Å². The summed E-state index contributed by atoms with van der Waals surface area (Å²) in [6, 6.07) is 0. The molecule has 0 atom stereocenters. The van der Waals surface area contributed by atoms with E-state index in [0.29, 0.717) is 0 Å². The Morgan fingerprint density at radius 2 is 1.25 bits per heavy atom. The van der Waals surface area contributed by atoms with Crippen molar-refractivity contribution in [3.8, 4) is 0 Å². The number of rotatable bonds is 0. The summed E-state index contributed by atoms with van der Waals surface area (Å²) in [6.07, 6.45) is 0. The molecule has 1 heterocycles. The predicted octanol–water partition coefficient (Wildman–Crippen LogP) is -3.83. The van der Waals surface area contributed by atoms with E-state index < -0.39 is 7.74 Å². The van der Waals surface area contributed by atoms with Crippen molar-refractivity contribution < 1.29 is 60.8 Å². The van der Waals surface area contributed by atoms with Gasteiger partial charge in [-0.05, 0) is 0 Å². The smallest absolute Gasteiger partial charge is 1.00 e. The van der Waals surface area contributed by atoms with Crippen molar-refractivity contribution in [2.24, 2.45) is 0 Å². The molecule has 50 valence electrons. The van der Waals surface area contributed by atoms with E-state index in [-0.39, 0.29) is 36.8 Å². The van der Waals surface area contributed by atoms with Gasteiger partial charge in [0.25, 0.3) is 0 Å². The summed E-state index contributed by atoms with van der Waals surface area (Å²) in [5, 5.41) is 0. The van der Waals surface area contributed by atoms with Crippen molar-refractivity contribution in [2.75, 3.05) is 0 Å². The summed E-state index contributed by atoms with van der Waals surface area (Å²) in [5.74, 6) is 0. The van der Waals surface area contributed by atoms with Gasteiger partial charge in [-0.25, -0.2) is 0 Å². The Morgan fingerprint density at radius 3 is 1.25 bits per heavy atom. The van der Waals surface area contributed by atoms with Gasteiger partial charge in [0.1, 0.15) is 0 Å². The van der Waals surface area contributed by atoms with Gasteiger partial charge in [-0.15, -0.1) is 0 Å². The second-order valence-electron chi connectivity index (χ2n) is 0.982. The Kier molecular flexibility index (Phi) is 3.78. The van der Waals surface area contributed by atoms with Crippen LogP contribution < -0.4 is 18.9 Å². The Hall–Kier alpha value is 1.32. The van der Waals surface area contributed by atoms with Crippen LogP contribution in [0.5, 0.6) is 0 Å². The van der Waals surface area contributed by atoms with E-state index in [4.69, 9.17) is 14.7 Å². The molecular formula is H4LiNiO5P. The molecule has 0 spiro atoms. The van der Waals surface area contributed by atoms with Crippen molar-refractivity contribution in [3.05, 3.63) is 0 Å². The normalized spacial score (nSPS) is 32.1. The Bertz CT molecular complexity index is 80.7. The first-order valence-corrected chi connectivity index (χ1v) is 3.06. The van der Waals surface area contributed by atoms with Crippen molar-refractivity contribution in [1.29, 1.82) is 0 Å². The van der Waals surface area contributed by atoms with Crippen LogP contribution in [0, 0.1) is 0 Å². The van der Waals surface area contributed by atoms with Gasteiger partial charge in [0, 0.05) is 16.5 Å². The molecule has 5 nitrogen and oxygen atoms in total. The molecule has 1 aliphatic heterocycles. The van der Waals surface area contributed by atoms with Gasteiger partial charge >= 0.3 is 50.6 Å². The van der Waals surface area contributed by atoms with Crippen molar-refractivity contribution >= 4 is 7.74 Å². The maximum absolute atomic E-state index is 7.89. The van der Waals surface area contributed by atoms with Crippen LogP contribution in [0.1, 0.15) is 1.43 Å². The zero-order valence-electron chi connectivity index (χ0n) is 4.92. The maximum atomic E-state index is 7.89. The van der Waals surface area contributed by atoms with Crippen LogP contribution in [0.15, 0.2) is 0 Å². The molecule has 8 heteroatoms. The average molecular weight is 181 g/mol. The monoisotopic (exact) mass is 180 g/mol. The van der Waals surface area contributed by atoms with Crippen molar-refractivity contribution in [2.45, 2.75) is 0 Å². The fourth-order valence-corrected chi connectivity index (χ4v) is 0.402. The Balaban J connectivity index is -0.000000120. The standard InChI is InChI=1S/Li.Ni.H3O5P.H/c;;1-6(2,3)4-5-6;/h;;1-3H;/q+1;;;-1. The summed E-state index contributed by atoms with van der Waals surface area (Å²) >= 11 is 0. The molecule has 1 fully saturated rings. The molecule has 0 aromatic heterocycles. The van der Waals surface area contributed by atoms with Gasteiger partial charge in [-0.1, -0.05) is 0 Å². The number of hydrogen-bond acceptors (Lipinski definition) is 5. The van der Waals surface area contributed by atoms with Gasteiger partial charge in [-0.2, -0.15) is 0 Å². The second-order valence-corrected chi connectivity index (χ2v) is 2.95. The van der Waals surface area contributed by atoms with Crippen molar-refractivity contribution in [3.63, 3.8) is 0 Å². The van der Waals surface area contributed by atoms with Crippen LogP contribution in [0.2, 0.25) is 0 Å². The van der Waals surface area contributed by atoms with Crippen LogP contribution in [0.4, 0.5) is 0 Å². The van der Waals surface area contributed by atoms with Crippen LogP contribution >= 0.6 is 7.74 Å². The molecule has 0 bridgehead atoms. The second kappa shape index (κ2) is 2.51. The quantitative estimate of drug-likeness (QED) is 0.154. The van der Waals surface area contributed by atoms with Crippen LogP contribution in [-0.4, -0.2) is 14.7 Å². The first kappa shape index (κ1) is 12.0. The summed E-state index contributed by atoms with van der Waals surface area (Å²) < 4.78 is 6.76. The minimum absolute atomic E-state index is 0. The molecule has 0 radical (unpaired) electrons. The molecule has 1 aliphatic rings. The van der Waals surface area contributed by atoms with E-state index in [1.165, 1.54) is 0 Å². The summed E-state index contributed by atoms with van der Waals surface area (Å²) in [4.78, 5) is 23.7. The predicted molar refractivity (Wildman–Crippen MR) is 16.9 cm³/mol. The zero-order chi connectivity index (χ0) is 4.86. The minimum atomic E-state index is -4.80.